The summed E-state index contributed by atoms with van der Waals surface area (Å²) in [5, 5.41) is 17.7. The quantitative estimate of drug-likeness (QED) is 0.425. The fraction of sp³-hybridized carbons (Fsp3) is 0.278. The molecular formula is C18H21ClN4O2S. The van der Waals surface area contributed by atoms with Gasteiger partial charge in [-0.1, -0.05) is 41.9 Å². The van der Waals surface area contributed by atoms with Crippen LogP contribution in [0.25, 0.3) is 0 Å². The van der Waals surface area contributed by atoms with E-state index in [-0.39, 0.29) is 11.7 Å². The molecule has 0 aliphatic rings. The second-order valence-corrected chi connectivity index (χ2v) is 6.88. The Balaban J connectivity index is 1.96. The van der Waals surface area contributed by atoms with Crippen molar-refractivity contribution in [3.05, 3.63) is 69.2 Å². The van der Waals surface area contributed by atoms with Gasteiger partial charge in [0.1, 0.15) is 0 Å². The maximum Gasteiger partial charge on any atom is 0.271 e. The van der Waals surface area contributed by atoms with Crippen LogP contribution in [0, 0.1) is 10.1 Å². The number of nitro benzene ring substituents is 1. The third-order valence-corrected chi connectivity index (χ3v) is 4.53. The molecule has 1 atom stereocenters. The zero-order valence-electron chi connectivity index (χ0n) is 14.6. The third-order valence-electron chi connectivity index (χ3n) is 3.95. The van der Waals surface area contributed by atoms with Gasteiger partial charge in [-0.3, -0.25) is 10.1 Å². The van der Waals surface area contributed by atoms with Gasteiger partial charge in [-0.05, 0) is 44.4 Å². The van der Waals surface area contributed by atoms with Crippen LogP contribution in [0.1, 0.15) is 5.56 Å². The molecule has 0 amide bonds. The van der Waals surface area contributed by atoms with Crippen LogP contribution in [0.4, 0.5) is 11.4 Å². The molecule has 2 aromatic rings. The minimum absolute atomic E-state index is 0.0463. The first-order chi connectivity index (χ1) is 12.4. The summed E-state index contributed by atoms with van der Waals surface area (Å²) in [5.74, 6) is 0. The van der Waals surface area contributed by atoms with Crippen molar-refractivity contribution >= 4 is 40.3 Å². The lowest BCUT2D eigenvalue weighted by Crippen LogP contribution is -2.42. The molecule has 2 rings (SSSR count). The summed E-state index contributed by atoms with van der Waals surface area (Å²) in [6, 6.07) is 14.6. The summed E-state index contributed by atoms with van der Waals surface area (Å²) in [6.07, 6.45) is 0.876. The van der Waals surface area contributed by atoms with E-state index >= 15 is 0 Å². The molecule has 0 radical (unpaired) electrons. The standard InChI is InChI=1S/C18H21ClN4O2S/c1-22(2)15(10-13-6-4-3-5-7-13)12-20-18(26)21-17-11-14(23(24)25)8-9-16(17)19/h3-9,11,15H,10,12H2,1-2H3,(H2,20,21,26)/t15-/m1/s1. The largest absolute Gasteiger partial charge is 0.361 e. The molecule has 0 heterocycles. The Morgan fingerprint density at radius 1 is 1.27 bits per heavy atom. The first kappa shape index (κ1) is 20.1. The number of benzene rings is 2. The fourth-order valence-corrected chi connectivity index (χ4v) is 2.78. The molecule has 0 spiro atoms. The van der Waals surface area contributed by atoms with Crippen LogP contribution in [0.2, 0.25) is 5.02 Å². The van der Waals surface area contributed by atoms with Crippen LogP contribution < -0.4 is 10.6 Å². The Labute approximate surface area is 163 Å². The monoisotopic (exact) mass is 392 g/mol. The van der Waals surface area contributed by atoms with E-state index in [0.717, 1.165) is 6.42 Å². The topological polar surface area (TPSA) is 70.4 Å². The third kappa shape index (κ3) is 5.94. The zero-order chi connectivity index (χ0) is 19.1. The lowest BCUT2D eigenvalue weighted by Gasteiger charge is -2.25. The van der Waals surface area contributed by atoms with Crippen molar-refractivity contribution in [1.82, 2.24) is 10.2 Å². The van der Waals surface area contributed by atoms with Crippen molar-refractivity contribution in [2.75, 3.05) is 26.0 Å². The van der Waals surface area contributed by atoms with Crippen molar-refractivity contribution in [3.63, 3.8) is 0 Å². The lowest BCUT2D eigenvalue weighted by atomic mass is 10.1. The first-order valence-electron chi connectivity index (χ1n) is 8.06. The van der Waals surface area contributed by atoms with Crippen LogP contribution >= 0.6 is 23.8 Å². The molecule has 26 heavy (non-hydrogen) atoms. The average molecular weight is 393 g/mol. The zero-order valence-corrected chi connectivity index (χ0v) is 16.2. The Hall–Kier alpha value is -2.22. The molecule has 0 bridgehead atoms. The Morgan fingerprint density at radius 3 is 2.58 bits per heavy atom. The number of halogens is 1. The van der Waals surface area contributed by atoms with Gasteiger partial charge in [-0.2, -0.15) is 0 Å². The number of anilines is 1. The Bertz CT molecular complexity index is 771. The molecule has 0 aliphatic heterocycles. The number of rotatable bonds is 7. The van der Waals surface area contributed by atoms with Crippen molar-refractivity contribution in [2.45, 2.75) is 12.5 Å². The summed E-state index contributed by atoms with van der Waals surface area (Å²) in [4.78, 5) is 12.6. The van der Waals surface area contributed by atoms with Crippen molar-refractivity contribution in [2.24, 2.45) is 0 Å². The van der Waals surface area contributed by atoms with Crippen molar-refractivity contribution in [3.8, 4) is 0 Å². The number of thiocarbonyl (C=S) groups is 1. The van der Waals surface area contributed by atoms with Crippen LogP contribution in [0.15, 0.2) is 48.5 Å². The van der Waals surface area contributed by atoms with Crippen LogP contribution in [-0.4, -0.2) is 41.6 Å². The predicted molar refractivity (Wildman–Crippen MR) is 110 cm³/mol. The van der Waals surface area contributed by atoms with E-state index in [1.54, 1.807) is 0 Å². The summed E-state index contributed by atoms with van der Waals surface area (Å²) >= 11 is 11.4. The van der Waals surface area contributed by atoms with Gasteiger partial charge in [0.25, 0.3) is 5.69 Å². The van der Waals surface area contributed by atoms with E-state index in [9.17, 15) is 10.1 Å². The highest BCUT2D eigenvalue weighted by atomic mass is 35.5. The maximum atomic E-state index is 10.9. The van der Waals surface area contributed by atoms with E-state index < -0.39 is 4.92 Å². The molecule has 138 valence electrons. The number of hydrogen-bond acceptors (Lipinski definition) is 4. The van der Waals surface area contributed by atoms with Gasteiger partial charge >= 0.3 is 0 Å². The minimum atomic E-state index is -0.472. The van der Waals surface area contributed by atoms with E-state index in [1.807, 2.05) is 32.3 Å². The van der Waals surface area contributed by atoms with E-state index in [0.29, 0.717) is 22.4 Å². The number of nitrogens with one attached hydrogen (secondary N) is 2. The maximum absolute atomic E-state index is 10.9. The van der Waals surface area contributed by atoms with Gasteiger partial charge in [0, 0.05) is 24.7 Å². The normalized spacial score (nSPS) is 11.8. The summed E-state index contributed by atoms with van der Waals surface area (Å²) in [7, 11) is 4.03. The van der Waals surface area contributed by atoms with Gasteiger partial charge < -0.3 is 15.5 Å². The molecule has 2 N–H and O–H groups in total. The second-order valence-electron chi connectivity index (χ2n) is 6.06. The number of hydrogen-bond donors (Lipinski definition) is 2. The number of nitro groups is 1. The molecule has 0 aliphatic carbocycles. The number of likely N-dealkylation sites (N-methyl/N-ethyl adjacent to an activating group) is 1. The molecule has 8 heteroatoms. The van der Waals surface area contributed by atoms with Gasteiger partial charge in [0.15, 0.2) is 5.11 Å². The highest BCUT2D eigenvalue weighted by molar-refractivity contribution is 7.80. The van der Waals surface area contributed by atoms with Crippen LogP contribution in [-0.2, 0) is 6.42 Å². The number of nitrogens with zero attached hydrogens (tertiary/aromatic N) is 2. The predicted octanol–water partition coefficient (Wildman–Crippen LogP) is 3.71. The number of non-ortho nitro benzene ring substituents is 1. The average Bonchev–Trinajstić information content (AvgIpc) is 2.61. The highest BCUT2D eigenvalue weighted by Crippen LogP contribution is 2.26. The summed E-state index contributed by atoms with van der Waals surface area (Å²) in [5.41, 5.74) is 1.60. The van der Waals surface area contributed by atoms with Crippen molar-refractivity contribution in [1.29, 1.82) is 0 Å². The molecule has 0 unspecified atom stereocenters. The van der Waals surface area contributed by atoms with Crippen LogP contribution in [0.5, 0.6) is 0 Å². The molecular weight excluding hydrogens is 372 g/mol. The van der Waals surface area contributed by atoms with Gasteiger partial charge in [-0.25, -0.2) is 0 Å². The summed E-state index contributed by atoms with van der Waals surface area (Å²) < 4.78 is 0. The molecule has 0 saturated carbocycles. The Morgan fingerprint density at radius 2 is 1.96 bits per heavy atom. The minimum Gasteiger partial charge on any atom is -0.361 e. The molecule has 0 aromatic heterocycles. The van der Waals surface area contributed by atoms with Gasteiger partial charge in [-0.15, -0.1) is 0 Å². The summed E-state index contributed by atoms with van der Waals surface area (Å²) in [6.45, 7) is 0.625. The van der Waals surface area contributed by atoms with E-state index in [1.165, 1.54) is 23.8 Å². The lowest BCUT2D eigenvalue weighted by molar-refractivity contribution is -0.384. The molecule has 0 saturated heterocycles. The van der Waals surface area contributed by atoms with Crippen LogP contribution in [0.3, 0.4) is 0 Å². The van der Waals surface area contributed by atoms with E-state index in [2.05, 4.69) is 27.7 Å². The molecule has 6 nitrogen and oxygen atoms in total. The second kappa shape index (κ2) is 9.47. The van der Waals surface area contributed by atoms with Gasteiger partial charge in [0.05, 0.1) is 15.6 Å². The molecule has 0 fully saturated rings. The fourth-order valence-electron chi connectivity index (χ4n) is 2.42. The smallest absolute Gasteiger partial charge is 0.271 e. The highest BCUT2D eigenvalue weighted by Gasteiger charge is 2.14. The van der Waals surface area contributed by atoms with Gasteiger partial charge in [0.2, 0.25) is 0 Å². The van der Waals surface area contributed by atoms with E-state index in [4.69, 9.17) is 23.8 Å². The SMILES string of the molecule is CN(C)[C@@H](CNC(=S)Nc1cc([N+](=O)[O-])ccc1Cl)Cc1ccccc1. The first-order valence-corrected chi connectivity index (χ1v) is 8.84. The molecule has 2 aromatic carbocycles. The Kier molecular flexibility index (Phi) is 7.32. The van der Waals surface area contributed by atoms with Crippen molar-refractivity contribution < 1.29 is 4.92 Å².